The molecule has 3 rings (SSSR count). The van der Waals surface area contributed by atoms with Gasteiger partial charge in [0.1, 0.15) is 0 Å². The molecule has 106 valence electrons. The van der Waals surface area contributed by atoms with Gasteiger partial charge in [0, 0.05) is 17.0 Å². The number of aryl methyl sites for hydroxylation is 1. The quantitative estimate of drug-likeness (QED) is 0.792. The fourth-order valence-corrected chi connectivity index (χ4v) is 5.25. The molecule has 0 amide bonds. The molecule has 0 bridgehead atoms. The Bertz CT molecular complexity index is 442. The van der Waals surface area contributed by atoms with Gasteiger partial charge in [0.05, 0.1) is 4.34 Å². The van der Waals surface area contributed by atoms with Gasteiger partial charge in [-0.15, -0.1) is 11.3 Å². The smallest absolute Gasteiger partial charge is 0.0934 e. The molecule has 1 aromatic rings. The van der Waals surface area contributed by atoms with Crippen LogP contribution in [0, 0.1) is 11.8 Å². The van der Waals surface area contributed by atoms with Crippen LogP contribution in [-0.4, -0.2) is 6.04 Å². The zero-order valence-corrected chi connectivity index (χ0v) is 13.5. The molecule has 1 saturated carbocycles. The highest BCUT2D eigenvalue weighted by Gasteiger charge is 2.30. The molecule has 1 heterocycles. The van der Waals surface area contributed by atoms with Gasteiger partial charge in [0.2, 0.25) is 0 Å². The van der Waals surface area contributed by atoms with E-state index in [1.165, 1.54) is 49.0 Å². The van der Waals surface area contributed by atoms with Gasteiger partial charge in [0.15, 0.2) is 0 Å². The molecule has 1 aromatic heterocycles. The molecule has 4 unspecified atom stereocenters. The molecule has 0 aliphatic heterocycles. The summed E-state index contributed by atoms with van der Waals surface area (Å²) in [5, 5.41) is 3.95. The first-order valence-corrected chi connectivity index (χ1v) is 8.87. The molecule has 0 spiro atoms. The largest absolute Gasteiger partial charge is 0.307 e. The van der Waals surface area contributed by atoms with Crippen molar-refractivity contribution < 1.29 is 0 Å². The third-order valence-electron chi connectivity index (χ3n) is 4.93. The number of halogens is 1. The Kier molecular flexibility index (Phi) is 4.21. The van der Waals surface area contributed by atoms with E-state index in [1.807, 2.05) is 0 Å². The van der Waals surface area contributed by atoms with Gasteiger partial charge in [-0.3, -0.25) is 0 Å². The SMILES string of the molecule is CC1CCC(NC2CCCc3sc(Cl)cc32)C(C)C1. The second kappa shape index (κ2) is 5.75. The third kappa shape index (κ3) is 3.01. The van der Waals surface area contributed by atoms with Crippen LogP contribution in [0.2, 0.25) is 4.34 Å². The van der Waals surface area contributed by atoms with Gasteiger partial charge in [0.25, 0.3) is 0 Å². The Morgan fingerprint density at radius 1 is 1.26 bits per heavy atom. The van der Waals surface area contributed by atoms with Crippen molar-refractivity contribution in [1.82, 2.24) is 5.32 Å². The van der Waals surface area contributed by atoms with Crippen LogP contribution >= 0.6 is 22.9 Å². The summed E-state index contributed by atoms with van der Waals surface area (Å²) in [5.74, 6) is 1.72. The first-order chi connectivity index (χ1) is 9.13. The van der Waals surface area contributed by atoms with Crippen molar-refractivity contribution in [3.05, 3.63) is 20.8 Å². The fourth-order valence-electron chi connectivity index (χ4n) is 3.87. The van der Waals surface area contributed by atoms with E-state index in [9.17, 15) is 0 Å². The van der Waals surface area contributed by atoms with Gasteiger partial charge in [-0.25, -0.2) is 0 Å². The summed E-state index contributed by atoms with van der Waals surface area (Å²) < 4.78 is 0.962. The first-order valence-electron chi connectivity index (χ1n) is 7.67. The summed E-state index contributed by atoms with van der Waals surface area (Å²) >= 11 is 7.98. The van der Waals surface area contributed by atoms with Crippen LogP contribution < -0.4 is 5.32 Å². The summed E-state index contributed by atoms with van der Waals surface area (Å²) in [4.78, 5) is 1.52. The highest BCUT2D eigenvalue weighted by Crippen LogP contribution is 2.39. The Balaban J connectivity index is 1.70. The second-order valence-electron chi connectivity index (χ2n) is 6.54. The summed E-state index contributed by atoms with van der Waals surface area (Å²) in [6.45, 7) is 4.81. The van der Waals surface area contributed by atoms with Crippen LogP contribution in [0.4, 0.5) is 0 Å². The number of fused-ring (bicyclic) bond motifs is 1. The van der Waals surface area contributed by atoms with Crippen molar-refractivity contribution in [2.75, 3.05) is 0 Å². The monoisotopic (exact) mass is 297 g/mol. The van der Waals surface area contributed by atoms with Crippen molar-refractivity contribution in [1.29, 1.82) is 0 Å². The molecule has 1 nitrogen and oxygen atoms in total. The Labute approximate surface area is 125 Å². The first kappa shape index (κ1) is 13.9. The van der Waals surface area contributed by atoms with Gasteiger partial charge in [-0.05, 0) is 62.0 Å². The van der Waals surface area contributed by atoms with E-state index in [1.54, 1.807) is 11.3 Å². The minimum Gasteiger partial charge on any atom is -0.307 e. The predicted octanol–water partition coefficient (Wildman–Crippen LogP) is 5.19. The van der Waals surface area contributed by atoms with Gasteiger partial charge < -0.3 is 5.32 Å². The third-order valence-corrected chi connectivity index (χ3v) is 6.27. The Morgan fingerprint density at radius 2 is 2.11 bits per heavy atom. The summed E-state index contributed by atoms with van der Waals surface area (Å²) in [7, 11) is 0. The summed E-state index contributed by atoms with van der Waals surface area (Å²) in [5.41, 5.74) is 1.49. The summed E-state index contributed by atoms with van der Waals surface area (Å²) in [6.07, 6.45) is 7.90. The van der Waals surface area contributed by atoms with Crippen molar-refractivity contribution in [3.63, 3.8) is 0 Å². The van der Waals surface area contributed by atoms with Crippen LogP contribution in [-0.2, 0) is 6.42 Å². The van der Waals surface area contributed by atoms with Gasteiger partial charge in [-0.2, -0.15) is 0 Å². The molecule has 19 heavy (non-hydrogen) atoms. The molecule has 1 N–H and O–H groups in total. The molecule has 1 fully saturated rings. The number of hydrogen-bond acceptors (Lipinski definition) is 2. The van der Waals surface area contributed by atoms with Crippen molar-refractivity contribution >= 4 is 22.9 Å². The molecule has 0 radical (unpaired) electrons. The van der Waals surface area contributed by atoms with Crippen molar-refractivity contribution in [2.24, 2.45) is 11.8 Å². The highest BCUT2D eigenvalue weighted by molar-refractivity contribution is 7.16. The Hall–Kier alpha value is -0.0500. The minimum atomic E-state index is 0.549. The second-order valence-corrected chi connectivity index (χ2v) is 8.31. The number of nitrogens with one attached hydrogen (secondary N) is 1. The zero-order chi connectivity index (χ0) is 13.4. The predicted molar refractivity (Wildman–Crippen MR) is 84.1 cm³/mol. The lowest BCUT2D eigenvalue weighted by Gasteiger charge is -2.37. The van der Waals surface area contributed by atoms with Crippen molar-refractivity contribution in [2.45, 2.75) is 64.5 Å². The summed E-state index contributed by atoms with van der Waals surface area (Å²) in [6, 6.07) is 3.45. The van der Waals surface area contributed by atoms with E-state index < -0.39 is 0 Å². The maximum absolute atomic E-state index is 6.20. The van der Waals surface area contributed by atoms with Crippen LogP contribution in [0.3, 0.4) is 0 Å². The minimum absolute atomic E-state index is 0.549. The fraction of sp³-hybridized carbons (Fsp3) is 0.750. The van der Waals surface area contributed by atoms with Crippen LogP contribution in [0.5, 0.6) is 0 Å². The lowest BCUT2D eigenvalue weighted by Crippen LogP contribution is -2.41. The molecule has 0 saturated heterocycles. The lowest BCUT2D eigenvalue weighted by molar-refractivity contribution is 0.208. The molecular formula is C16H24ClNS. The van der Waals surface area contributed by atoms with Crippen LogP contribution in [0.15, 0.2) is 6.07 Å². The van der Waals surface area contributed by atoms with Gasteiger partial charge >= 0.3 is 0 Å². The highest BCUT2D eigenvalue weighted by atomic mass is 35.5. The standard InChI is InChI=1S/C16H24ClNS/c1-10-6-7-13(11(2)8-10)18-14-4-3-5-15-12(14)9-16(17)19-15/h9-11,13-14,18H,3-8H2,1-2H3. The zero-order valence-electron chi connectivity index (χ0n) is 11.9. The van der Waals surface area contributed by atoms with E-state index in [4.69, 9.17) is 11.6 Å². The molecule has 0 aromatic carbocycles. The molecule has 2 aliphatic carbocycles. The molecule has 3 heteroatoms. The topological polar surface area (TPSA) is 12.0 Å². The van der Waals surface area contributed by atoms with E-state index in [-0.39, 0.29) is 0 Å². The molecule has 2 aliphatic rings. The normalized spacial score (nSPS) is 35.1. The van der Waals surface area contributed by atoms with Crippen LogP contribution in [0.25, 0.3) is 0 Å². The van der Waals surface area contributed by atoms with E-state index in [0.717, 1.165) is 16.2 Å². The maximum atomic E-state index is 6.20. The van der Waals surface area contributed by atoms with E-state index in [0.29, 0.717) is 12.1 Å². The molecular weight excluding hydrogens is 274 g/mol. The maximum Gasteiger partial charge on any atom is 0.0934 e. The number of hydrogen-bond donors (Lipinski definition) is 1. The van der Waals surface area contributed by atoms with Crippen LogP contribution in [0.1, 0.15) is 62.4 Å². The number of thiophene rings is 1. The average molecular weight is 298 g/mol. The van der Waals surface area contributed by atoms with E-state index >= 15 is 0 Å². The Morgan fingerprint density at radius 3 is 2.89 bits per heavy atom. The molecule has 4 atom stereocenters. The number of rotatable bonds is 2. The van der Waals surface area contributed by atoms with E-state index in [2.05, 4.69) is 25.2 Å². The van der Waals surface area contributed by atoms with Crippen molar-refractivity contribution in [3.8, 4) is 0 Å². The van der Waals surface area contributed by atoms with Gasteiger partial charge in [-0.1, -0.05) is 25.4 Å². The lowest BCUT2D eigenvalue weighted by atomic mass is 9.79. The average Bonchev–Trinajstić information content (AvgIpc) is 2.74.